The van der Waals surface area contributed by atoms with Crippen molar-refractivity contribution in [2.75, 3.05) is 5.75 Å². The molecule has 0 radical (unpaired) electrons. The molecular formula is C11H21F3N2O2S. The molecule has 0 heterocycles. The number of hydrogen-bond donors (Lipinski definition) is 2. The molecule has 0 aromatic rings. The second-order valence-corrected chi connectivity index (χ2v) is 6.94. The van der Waals surface area contributed by atoms with Crippen molar-refractivity contribution in [3.05, 3.63) is 0 Å². The smallest absolute Gasteiger partial charge is 0.326 e. The topological polar surface area (TPSA) is 72.2 Å². The summed E-state index contributed by atoms with van der Waals surface area (Å²) < 4.78 is 61.8. The standard InChI is InChI=1S/C11H21F3N2O2S/c12-11(13,14)7-4-8-19(17,18)16-10-6-3-1-2-5-9(10)15/h9-10,16H,1-8,15H2. The molecule has 0 saturated heterocycles. The van der Waals surface area contributed by atoms with Gasteiger partial charge in [-0.15, -0.1) is 0 Å². The van der Waals surface area contributed by atoms with Crippen molar-refractivity contribution in [1.82, 2.24) is 4.72 Å². The molecule has 2 unspecified atom stereocenters. The lowest BCUT2D eigenvalue weighted by Crippen LogP contribution is -2.47. The lowest BCUT2D eigenvalue weighted by molar-refractivity contribution is -0.134. The SMILES string of the molecule is NC1CCCCCC1NS(=O)(=O)CCCC(F)(F)F. The van der Waals surface area contributed by atoms with Crippen LogP contribution < -0.4 is 10.5 Å². The molecule has 0 spiro atoms. The highest BCUT2D eigenvalue weighted by molar-refractivity contribution is 7.89. The second kappa shape index (κ2) is 6.90. The third-order valence-corrected chi connectivity index (χ3v) is 4.76. The number of nitrogens with one attached hydrogen (secondary N) is 1. The van der Waals surface area contributed by atoms with Crippen LogP contribution in [0.25, 0.3) is 0 Å². The van der Waals surface area contributed by atoms with E-state index in [-0.39, 0.29) is 12.1 Å². The van der Waals surface area contributed by atoms with Crippen molar-refractivity contribution in [2.45, 2.75) is 63.2 Å². The molecule has 0 bridgehead atoms. The molecule has 0 aliphatic heterocycles. The van der Waals surface area contributed by atoms with Gasteiger partial charge in [-0.3, -0.25) is 0 Å². The van der Waals surface area contributed by atoms with Gasteiger partial charge in [0.1, 0.15) is 0 Å². The molecule has 19 heavy (non-hydrogen) atoms. The van der Waals surface area contributed by atoms with Gasteiger partial charge in [-0.1, -0.05) is 19.3 Å². The molecular weight excluding hydrogens is 281 g/mol. The number of alkyl halides is 3. The van der Waals surface area contributed by atoms with Crippen molar-refractivity contribution >= 4 is 10.0 Å². The Kier molecular flexibility index (Phi) is 6.07. The maximum absolute atomic E-state index is 12.0. The van der Waals surface area contributed by atoms with E-state index in [1.165, 1.54) is 0 Å². The van der Waals surface area contributed by atoms with Gasteiger partial charge < -0.3 is 5.73 Å². The van der Waals surface area contributed by atoms with Crippen LogP contribution in [0.5, 0.6) is 0 Å². The highest BCUT2D eigenvalue weighted by Gasteiger charge is 2.29. The fourth-order valence-corrected chi connectivity index (χ4v) is 3.63. The average molecular weight is 302 g/mol. The number of sulfonamides is 1. The van der Waals surface area contributed by atoms with E-state index < -0.39 is 34.8 Å². The molecule has 2 atom stereocenters. The molecule has 1 aliphatic rings. The normalized spacial score (nSPS) is 26.1. The van der Waals surface area contributed by atoms with E-state index in [1.54, 1.807) is 0 Å². The molecule has 8 heteroatoms. The zero-order valence-corrected chi connectivity index (χ0v) is 11.6. The third-order valence-electron chi connectivity index (χ3n) is 3.27. The van der Waals surface area contributed by atoms with Gasteiger partial charge in [0.2, 0.25) is 10.0 Å². The highest BCUT2D eigenvalue weighted by Crippen LogP contribution is 2.22. The minimum atomic E-state index is -4.31. The summed E-state index contributed by atoms with van der Waals surface area (Å²) in [6.07, 6.45) is -1.54. The Balaban J connectivity index is 2.44. The van der Waals surface area contributed by atoms with Gasteiger partial charge in [0.25, 0.3) is 0 Å². The molecule has 0 aromatic carbocycles. The Bertz CT molecular complexity index is 371. The first-order valence-corrected chi connectivity index (χ1v) is 8.17. The summed E-state index contributed by atoms with van der Waals surface area (Å²) in [7, 11) is -3.68. The Labute approximate surface area is 112 Å². The number of hydrogen-bond acceptors (Lipinski definition) is 3. The molecule has 1 saturated carbocycles. The predicted molar refractivity (Wildman–Crippen MR) is 67.1 cm³/mol. The van der Waals surface area contributed by atoms with Crippen LogP contribution in [-0.4, -0.2) is 32.4 Å². The maximum Gasteiger partial charge on any atom is 0.389 e. The van der Waals surface area contributed by atoms with Crippen molar-refractivity contribution in [1.29, 1.82) is 0 Å². The minimum absolute atomic E-state index is 0.250. The molecule has 1 aliphatic carbocycles. The second-order valence-electron chi connectivity index (χ2n) is 5.06. The van der Waals surface area contributed by atoms with Crippen LogP contribution >= 0.6 is 0 Å². The minimum Gasteiger partial charge on any atom is -0.326 e. The lowest BCUT2D eigenvalue weighted by Gasteiger charge is -2.22. The van der Waals surface area contributed by atoms with Gasteiger partial charge in [0.05, 0.1) is 5.75 Å². The quantitative estimate of drug-likeness (QED) is 0.762. The van der Waals surface area contributed by atoms with E-state index in [2.05, 4.69) is 4.72 Å². The Morgan fingerprint density at radius 2 is 1.79 bits per heavy atom. The Morgan fingerprint density at radius 3 is 2.42 bits per heavy atom. The van der Waals surface area contributed by atoms with Crippen LogP contribution in [0.1, 0.15) is 44.9 Å². The van der Waals surface area contributed by atoms with Gasteiger partial charge in [-0.25, -0.2) is 13.1 Å². The van der Waals surface area contributed by atoms with Crippen LogP contribution in [0.2, 0.25) is 0 Å². The molecule has 0 aromatic heterocycles. The zero-order valence-electron chi connectivity index (χ0n) is 10.7. The summed E-state index contributed by atoms with van der Waals surface area (Å²) >= 11 is 0. The fraction of sp³-hybridized carbons (Fsp3) is 1.00. The summed E-state index contributed by atoms with van der Waals surface area (Å²) in [6.45, 7) is 0. The monoisotopic (exact) mass is 302 g/mol. The number of halogens is 3. The average Bonchev–Trinajstić information content (AvgIpc) is 2.41. The third kappa shape index (κ3) is 7.12. The first-order valence-electron chi connectivity index (χ1n) is 6.52. The van der Waals surface area contributed by atoms with Gasteiger partial charge in [-0.05, 0) is 19.3 Å². The van der Waals surface area contributed by atoms with Crippen molar-refractivity contribution in [2.24, 2.45) is 5.73 Å². The van der Waals surface area contributed by atoms with Crippen molar-refractivity contribution in [3.63, 3.8) is 0 Å². The largest absolute Gasteiger partial charge is 0.389 e. The van der Waals surface area contributed by atoms with Gasteiger partial charge >= 0.3 is 6.18 Å². The Hall–Kier alpha value is -0.340. The fourth-order valence-electron chi connectivity index (χ4n) is 2.23. The van der Waals surface area contributed by atoms with Crippen LogP contribution in [0.3, 0.4) is 0 Å². The molecule has 3 N–H and O–H groups in total. The van der Waals surface area contributed by atoms with Crippen molar-refractivity contribution < 1.29 is 21.6 Å². The summed E-state index contributed by atoms with van der Waals surface area (Å²) in [4.78, 5) is 0. The molecule has 4 nitrogen and oxygen atoms in total. The van der Waals surface area contributed by atoms with Crippen molar-refractivity contribution in [3.8, 4) is 0 Å². The zero-order chi connectivity index (χ0) is 14.5. The molecule has 1 fully saturated rings. The summed E-state index contributed by atoms with van der Waals surface area (Å²) in [5, 5.41) is 0. The summed E-state index contributed by atoms with van der Waals surface area (Å²) in [6, 6.07) is -0.599. The van der Waals surface area contributed by atoms with Crippen LogP contribution in [0, 0.1) is 0 Å². The van der Waals surface area contributed by atoms with Crippen LogP contribution in [0.15, 0.2) is 0 Å². The predicted octanol–water partition coefficient (Wildman–Crippen LogP) is 1.91. The van der Waals surface area contributed by atoms with Crippen LogP contribution in [0.4, 0.5) is 13.2 Å². The molecule has 0 amide bonds. The van der Waals surface area contributed by atoms with E-state index in [0.717, 1.165) is 25.7 Å². The summed E-state index contributed by atoms with van der Waals surface area (Å²) in [5.74, 6) is -0.504. The van der Waals surface area contributed by atoms with E-state index >= 15 is 0 Å². The molecule has 1 rings (SSSR count). The van der Waals surface area contributed by atoms with E-state index in [0.29, 0.717) is 6.42 Å². The summed E-state index contributed by atoms with van der Waals surface area (Å²) in [5.41, 5.74) is 5.88. The van der Waals surface area contributed by atoms with Gasteiger partial charge in [0.15, 0.2) is 0 Å². The first-order chi connectivity index (χ1) is 8.70. The van der Waals surface area contributed by atoms with E-state index in [4.69, 9.17) is 5.73 Å². The Morgan fingerprint density at radius 1 is 1.16 bits per heavy atom. The van der Waals surface area contributed by atoms with Gasteiger partial charge in [0, 0.05) is 18.5 Å². The molecule has 114 valence electrons. The lowest BCUT2D eigenvalue weighted by atomic mass is 10.1. The highest BCUT2D eigenvalue weighted by atomic mass is 32.2. The van der Waals surface area contributed by atoms with Crippen LogP contribution in [-0.2, 0) is 10.0 Å². The van der Waals surface area contributed by atoms with E-state index in [9.17, 15) is 21.6 Å². The first kappa shape index (κ1) is 16.7. The van der Waals surface area contributed by atoms with Gasteiger partial charge in [-0.2, -0.15) is 13.2 Å². The number of rotatable bonds is 5. The maximum atomic E-state index is 12.0. The number of nitrogens with two attached hydrogens (primary N) is 1. The van der Waals surface area contributed by atoms with E-state index in [1.807, 2.05) is 0 Å².